The van der Waals surface area contributed by atoms with E-state index in [4.69, 9.17) is 4.42 Å². The molecular formula is C26H25F2NO2S. The summed E-state index contributed by atoms with van der Waals surface area (Å²) in [7, 11) is 0. The molecule has 0 saturated carbocycles. The van der Waals surface area contributed by atoms with Gasteiger partial charge < -0.3 is 9.52 Å². The molecule has 4 aromatic rings. The number of furan rings is 1. The van der Waals surface area contributed by atoms with Crippen LogP contribution < -0.4 is 0 Å². The number of halogens is 2. The highest BCUT2D eigenvalue weighted by atomic mass is 32.1. The fraction of sp³-hybridized carbons (Fsp3) is 0.231. The summed E-state index contributed by atoms with van der Waals surface area (Å²) >= 11 is 1.71. The molecule has 0 aliphatic carbocycles. The van der Waals surface area contributed by atoms with E-state index in [1.54, 1.807) is 17.4 Å². The van der Waals surface area contributed by atoms with Crippen molar-refractivity contribution >= 4 is 11.3 Å². The largest absolute Gasteiger partial charge is 0.461 e. The van der Waals surface area contributed by atoms with Gasteiger partial charge in [-0.2, -0.15) is 0 Å². The summed E-state index contributed by atoms with van der Waals surface area (Å²) in [5.74, 6) is 0.187. The van der Waals surface area contributed by atoms with Crippen LogP contribution in [0.1, 0.15) is 41.4 Å². The molecule has 4 rings (SSSR count). The molecule has 0 saturated heterocycles. The Morgan fingerprint density at radius 2 is 1.47 bits per heavy atom. The second-order valence-electron chi connectivity index (χ2n) is 8.07. The normalized spacial score (nSPS) is 12.1. The van der Waals surface area contributed by atoms with Crippen LogP contribution in [0.4, 0.5) is 8.78 Å². The van der Waals surface area contributed by atoms with E-state index in [1.807, 2.05) is 12.1 Å². The van der Waals surface area contributed by atoms with Gasteiger partial charge in [-0.15, -0.1) is 11.3 Å². The zero-order valence-electron chi connectivity index (χ0n) is 18.0. The molecule has 0 atom stereocenters. The second-order valence-corrected chi connectivity index (χ2v) is 9.10. The van der Waals surface area contributed by atoms with Crippen molar-refractivity contribution in [2.75, 3.05) is 0 Å². The third-order valence-corrected chi connectivity index (χ3v) is 6.43. The summed E-state index contributed by atoms with van der Waals surface area (Å²) in [6.07, 6.45) is 0. The summed E-state index contributed by atoms with van der Waals surface area (Å²) in [4.78, 5) is 3.54. The molecule has 0 aliphatic rings. The van der Waals surface area contributed by atoms with E-state index in [-0.39, 0.29) is 0 Å². The average Bonchev–Trinajstić information content (AvgIpc) is 3.46. The quantitative estimate of drug-likeness (QED) is 0.339. The summed E-state index contributed by atoms with van der Waals surface area (Å²) in [5, 5.41) is 13.9. The molecule has 2 aromatic heterocycles. The molecular weight excluding hydrogens is 428 g/mol. The van der Waals surface area contributed by atoms with Gasteiger partial charge in [0.2, 0.25) is 0 Å². The van der Waals surface area contributed by atoms with Gasteiger partial charge in [0, 0.05) is 17.5 Å². The van der Waals surface area contributed by atoms with Crippen LogP contribution in [0, 0.1) is 11.6 Å². The molecule has 0 bridgehead atoms. The standard InChI is InChI=1S/C26H25F2NO2S/c1-18(2)29(17-24-4-3-15-32-24)16-23-13-14-25(31-23)26(30,19-5-9-21(27)10-6-19)20-7-11-22(28)12-8-20/h3-15,18,30H,16-17H2,1-2H3. The molecule has 0 unspecified atom stereocenters. The van der Waals surface area contributed by atoms with Gasteiger partial charge in [0.25, 0.3) is 0 Å². The van der Waals surface area contributed by atoms with Crippen LogP contribution in [-0.2, 0) is 18.7 Å². The van der Waals surface area contributed by atoms with Crippen molar-refractivity contribution in [1.29, 1.82) is 0 Å². The molecule has 2 heterocycles. The zero-order chi connectivity index (χ0) is 22.7. The molecule has 0 radical (unpaired) electrons. The molecule has 1 N–H and O–H groups in total. The van der Waals surface area contributed by atoms with E-state index in [0.717, 1.165) is 6.54 Å². The molecule has 0 amide bonds. The Bertz CT molecular complexity index is 1090. The number of benzene rings is 2. The lowest BCUT2D eigenvalue weighted by atomic mass is 9.84. The Morgan fingerprint density at radius 1 is 0.875 bits per heavy atom. The monoisotopic (exact) mass is 453 g/mol. The number of thiophene rings is 1. The molecule has 32 heavy (non-hydrogen) atoms. The van der Waals surface area contributed by atoms with Crippen molar-refractivity contribution in [3.63, 3.8) is 0 Å². The maximum atomic E-state index is 13.6. The Kier molecular flexibility index (Phi) is 6.55. The van der Waals surface area contributed by atoms with Crippen LogP contribution >= 0.6 is 11.3 Å². The first-order valence-corrected chi connectivity index (χ1v) is 11.3. The lowest BCUT2D eigenvalue weighted by molar-refractivity contribution is 0.0940. The maximum Gasteiger partial charge on any atom is 0.173 e. The van der Waals surface area contributed by atoms with Crippen LogP contribution in [0.3, 0.4) is 0 Å². The van der Waals surface area contributed by atoms with Crippen LogP contribution in [-0.4, -0.2) is 16.0 Å². The molecule has 3 nitrogen and oxygen atoms in total. The Labute approximate surface area is 190 Å². The van der Waals surface area contributed by atoms with Crippen molar-refractivity contribution in [3.8, 4) is 0 Å². The van der Waals surface area contributed by atoms with E-state index in [2.05, 4.69) is 30.2 Å². The van der Waals surface area contributed by atoms with Crippen molar-refractivity contribution < 1.29 is 18.3 Å². The van der Waals surface area contributed by atoms with Crippen LogP contribution in [0.5, 0.6) is 0 Å². The highest BCUT2D eigenvalue weighted by molar-refractivity contribution is 7.09. The number of rotatable bonds is 8. The first-order chi connectivity index (χ1) is 15.4. The lowest BCUT2D eigenvalue weighted by Gasteiger charge is -2.28. The minimum Gasteiger partial charge on any atom is -0.461 e. The fourth-order valence-electron chi connectivity index (χ4n) is 3.71. The van der Waals surface area contributed by atoms with Crippen LogP contribution in [0.15, 0.2) is 82.6 Å². The van der Waals surface area contributed by atoms with E-state index in [1.165, 1.54) is 53.4 Å². The van der Waals surface area contributed by atoms with Crippen molar-refractivity contribution in [2.45, 2.75) is 38.6 Å². The first-order valence-electron chi connectivity index (χ1n) is 10.5. The minimum absolute atomic E-state index is 0.290. The summed E-state index contributed by atoms with van der Waals surface area (Å²) in [6, 6.07) is 19.2. The highest BCUT2D eigenvalue weighted by Gasteiger charge is 2.37. The Morgan fingerprint density at radius 3 is 1.97 bits per heavy atom. The number of nitrogens with zero attached hydrogens (tertiary/aromatic N) is 1. The molecule has 0 aliphatic heterocycles. The van der Waals surface area contributed by atoms with Gasteiger partial charge >= 0.3 is 0 Å². The summed E-state index contributed by atoms with van der Waals surface area (Å²) in [5.41, 5.74) is -0.813. The predicted octanol–water partition coefficient (Wildman–Crippen LogP) is 6.31. The van der Waals surface area contributed by atoms with Gasteiger partial charge in [-0.3, -0.25) is 4.90 Å². The van der Waals surface area contributed by atoms with Crippen molar-refractivity contribution in [2.24, 2.45) is 0 Å². The Balaban J connectivity index is 1.68. The van der Waals surface area contributed by atoms with Gasteiger partial charge in [0.1, 0.15) is 23.2 Å². The number of hydrogen-bond acceptors (Lipinski definition) is 4. The SMILES string of the molecule is CC(C)N(Cc1ccc(C(O)(c2ccc(F)cc2)c2ccc(F)cc2)o1)Cc1cccs1. The van der Waals surface area contributed by atoms with Gasteiger partial charge in [0.05, 0.1) is 6.54 Å². The van der Waals surface area contributed by atoms with Gasteiger partial charge in [-0.25, -0.2) is 8.78 Å². The van der Waals surface area contributed by atoms with E-state index in [0.29, 0.717) is 35.2 Å². The second kappa shape index (κ2) is 9.36. The van der Waals surface area contributed by atoms with Crippen LogP contribution in [0.2, 0.25) is 0 Å². The zero-order valence-corrected chi connectivity index (χ0v) is 18.8. The maximum absolute atomic E-state index is 13.6. The van der Waals surface area contributed by atoms with E-state index in [9.17, 15) is 13.9 Å². The first kappa shape index (κ1) is 22.4. The number of hydrogen-bond donors (Lipinski definition) is 1. The topological polar surface area (TPSA) is 36.6 Å². The molecule has 2 aromatic carbocycles. The number of aliphatic hydroxyl groups is 1. The Hall–Kier alpha value is -2.80. The van der Waals surface area contributed by atoms with Crippen LogP contribution in [0.25, 0.3) is 0 Å². The van der Waals surface area contributed by atoms with Gasteiger partial charge in [-0.1, -0.05) is 30.3 Å². The minimum atomic E-state index is -1.68. The summed E-state index contributed by atoms with van der Waals surface area (Å²) in [6.45, 7) is 5.62. The van der Waals surface area contributed by atoms with Crippen molar-refractivity contribution in [1.82, 2.24) is 4.90 Å². The van der Waals surface area contributed by atoms with Gasteiger partial charge in [0.15, 0.2) is 5.60 Å². The third kappa shape index (κ3) is 4.67. The van der Waals surface area contributed by atoms with E-state index >= 15 is 0 Å². The third-order valence-electron chi connectivity index (χ3n) is 5.57. The van der Waals surface area contributed by atoms with Crippen molar-refractivity contribution in [3.05, 3.63) is 117 Å². The highest BCUT2D eigenvalue weighted by Crippen LogP contribution is 2.38. The molecule has 166 valence electrons. The summed E-state index contributed by atoms with van der Waals surface area (Å²) < 4.78 is 33.2. The molecule has 0 spiro atoms. The van der Waals surface area contributed by atoms with E-state index < -0.39 is 17.2 Å². The predicted molar refractivity (Wildman–Crippen MR) is 122 cm³/mol. The fourth-order valence-corrected chi connectivity index (χ4v) is 4.44. The smallest absolute Gasteiger partial charge is 0.173 e. The van der Waals surface area contributed by atoms with Gasteiger partial charge in [-0.05, 0) is 72.8 Å². The average molecular weight is 454 g/mol. The molecule has 0 fully saturated rings. The molecule has 6 heteroatoms. The lowest BCUT2D eigenvalue weighted by Crippen LogP contribution is -2.30.